The third-order valence-corrected chi connectivity index (χ3v) is 4.63. The lowest BCUT2D eigenvalue weighted by molar-refractivity contribution is -0.132. The van der Waals surface area contributed by atoms with Crippen LogP contribution in [0.5, 0.6) is 0 Å². The predicted molar refractivity (Wildman–Crippen MR) is 67.4 cm³/mol. The molecule has 1 unspecified atom stereocenters. The largest absolute Gasteiger partial charge is 0.344 e. The Labute approximate surface area is 111 Å². The molecular weight excluding hydrogens is 271 g/mol. The van der Waals surface area contributed by atoms with Gasteiger partial charge in [0.1, 0.15) is 10.7 Å². The lowest BCUT2D eigenvalue weighted by atomic mass is 10.1. The molecule has 0 bridgehead atoms. The maximum Gasteiger partial charge on any atom is 0.243 e. The van der Waals surface area contributed by atoms with Crippen LogP contribution in [0.15, 0.2) is 29.2 Å². The summed E-state index contributed by atoms with van der Waals surface area (Å²) in [4.78, 5) is 12.4. The lowest BCUT2D eigenvalue weighted by Gasteiger charge is -2.29. The second-order valence-corrected chi connectivity index (χ2v) is 6.24. The number of hydrogen-bond donors (Lipinski definition) is 1. The third-order valence-electron chi connectivity index (χ3n) is 3.07. The highest BCUT2D eigenvalue weighted by Gasteiger charge is 2.28. The van der Waals surface area contributed by atoms with Crippen molar-refractivity contribution in [3.8, 4) is 0 Å². The number of nitrogens with one attached hydrogen (secondary N) is 1. The molecule has 1 atom stereocenters. The Morgan fingerprint density at radius 3 is 2.68 bits per heavy atom. The summed E-state index contributed by atoms with van der Waals surface area (Å²) in [6.07, 6.45) is 0.720. The number of rotatable bonds is 3. The van der Waals surface area contributed by atoms with Gasteiger partial charge in [0.05, 0.1) is 0 Å². The second-order valence-electron chi connectivity index (χ2n) is 4.56. The van der Waals surface area contributed by atoms with Gasteiger partial charge in [-0.2, -0.15) is 0 Å². The summed E-state index contributed by atoms with van der Waals surface area (Å²) in [5.41, 5.74) is 0. The molecule has 0 aliphatic carbocycles. The van der Waals surface area contributed by atoms with Gasteiger partial charge < -0.3 is 4.90 Å². The molecule has 0 aromatic heterocycles. The standard InChI is InChI=1S/C12H15FN2O3S/c1-15-8-9(6-7-12(15)16)14-19(17,18)11-5-3-2-4-10(11)13/h2-5,9,14H,6-8H2,1H3. The van der Waals surface area contributed by atoms with Gasteiger partial charge in [-0.05, 0) is 18.6 Å². The Morgan fingerprint density at radius 2 is 2.05 bits per heavy atom. The van der Waals surface area contributed by atoms with Crippen molar-refractivity contribution in [2.45, 2.75) is 23.8 Å². The van der Waals surface area contributed by atoms with E-state index in [-0.39, 0.29) is 16.8 Å². The number of sulfonamides is 1. The number of nitrogens with zero attached hydrogens (tertiary/aromatic N) is 1. The van der Waals surface area contributed by atoms with E-state index in [1.807, 2.05) is 0 Å². The van der Waals surface area contributed by atoms with Crippen LogP contribution < -0.4 is 4.72 Å². The molecule has 19 heavy (non-hydrogen) atoms. The van der Waals surface area contributed by atoms with E-state index in [1.54, 1.807) is 7.05 Å². The van der Waals surface area contributed by atoms with Gasteiger partial charge in [-0.3, -0.25) is 4.79 Å². The summed E-state index contributed by atoms with van der Waals surface area (Å²) >= 11 is 0. The van der Waals surface area contributed by atoms with Crippen LogP contribution in [-0.2, 0) is 14.8 Å². The highest BCUT2D eigenvalue weighted by atomic mass is 32.2. The SMILES string of the molecule is CN1CC(NS(=O)(=O)c2ccccc2F)CCC1=O. The van der Waals surface area contributed by atoms with Crippen molar-refractivity contribution < 1.29 is 17.6 Å². The molecule has 0 saturated carbocycles. The van der Waals surface area contributed by atoms with E-state index in [2.05, 4.69) is 4.72 Å². The number of halogens is 1. The summed E-state index contributed by atoms with van der Waals surface area (Å²) < 4.78 is 40.0. The zero-order chi connectivity index (χ0) is 14.0. The first kappa shape index (κ1) is 14.0. The van der Waals surface area contributed by atoms with Gasteiger partial charge in [0.25, 0.3) is 0 Å². The van der Waals surface area contributed by atoms with Gasteiger partial charge in [-0.15, -0.1) is 0 Å². The van der Waals surface area contributed by atoms with E-state index < -0.39 is 15.8 Å². The van der Waals surface area contributed by atoms with Crippen molar-refractivity contribution in [3.63, 3.8) is 0 Å². The molecule has 1 heterocycles. The number of benzene rings is 1. The maximum atomic E-state index is 13.5. The van der Waals surface area contributed by atoms with Crippen LogP contribution in [0, 0.1) is 5.82 Å². The van der Waals surface area contributed by atoms with E-state index in [0.29, 0.717) is 19.4 Å². The molecule has 7 heteroatoms. The fourth-order valence-corrected chi connectivity index (χ4v) is 3.39. The molecule has 2 rings (SSSR count). The molecule has 0 radical (unpaired) electrons. The summed E-state index contributed by atoms with van der Waals surface area (Å²) in [5.74, 6) is -0.795. The van der Waals surface area contributed by atoms with E-state index >= 15 is 0 Å². The highest BCUT2D eigenvalue weighted by Crippen LogP contribution is 2.16. The number of amides is 1. The quantitative estimate of drug-likeness (QED) is 0.890. The molecule has 1 saturated heterocycles. The fourth-order valence-electron chi connectivity index (χ4n) is 2.05. The highest BCUT2D eigenvalue weighted by molar-refractivity contribution is 7.89. The second kappa shape index (κ2) is 5.26. The van der Waals surface area contributed by atoms with Gasteiger partial charge in [-0.1, -0.05) is 12.1 Å². The van der Waals surface area contributed by atoms with Gasteiger partial charge in [-0.25, -0.2) is 17.5 Å². The Hall–Kier alpha value is -1.47. The Bertz CT molecular complexity index is 588. The monoisotopic (exact) mass is 286 g/mol. The zero-order valence-electron chi connectivity index (χ0n) is 10.5. The average molecular weight is 286 g/mol. The van der Waals surface area contributed by atoms with Gasteiger partial charge in [0.2, 0.25) is 15.9 Å². The fraction of sp³-hybridized carbons (Fsp3) is 0.417. The molecule has 104 valence electrons. The smallest absolute Gasteiger partial charge is 0.243 e. The number of carbonyl (C=O) groups excluding carboxylic acids is 1. The van der Waals surface area contributed by atoms with Gasteiger partial charge in [0.15, 0.2) is 0 Å². The normalized spacial score (nSPS) is 20.6. The number of likely N-dealkylation sites (tertiary alicyclic amines) is 1. The molecule has 1 amide bonds. The summed E-state index contributed by atoms with van der Waals surface area (Å²) in [5, 5.41) is 0. The first-order valence-corrected chi connectivity index (χ1v) is 7.39. The molecule has 5 nitrogen and oxygen atoms in total. The molecule has 1 fully saturated rings. The summed E-state index contributed by atoms with van der Waals surface area (Å²) in [6, 6.07) is 4.84. The zero-order valence-corrected chi connectivity index (χ0v) is 11.3. The molecule has 1 aromatic carbocycles. The third kappa shape index (κ3) is 3.10. The van der Waals surface area contributed by atoms with Crippen LogP contribution in [0.2, 0.25) is 0 Å². The van der Waals surface area contributed by atoms with Crippen LogP contribution in [0.3, 0.4) is 0 Å². The Balaban J connectivity index is 2.15. The van der Waals surface area contributed by atoms with E-state index in [9.17, 15) is 17.6 Å². The molecular formula is C12H15FN2O3S. The van der Waals surface area contributed by atoms with Crippen molar-refractivity contribution in [1.82, 2.24) is 9.62 Å². The average Bonchev–Trinajstić information content (AvgIpc) is 2.34. The van der Waals surface area contributed by atoms with E-state index in [4.69, 9.17) is 0 Å². The first-order valence-electron chi connectivity index (χ1n) is 5.91. The Morgan fingerprint density at radius 1 is 1.37 bits per heavy atom. The molecule has 1 aromatic rings. The van der Waals surface area contributed by atoms with Crippen LogP contribution in [0.4, 0.5) is 4.39 Å². The molecule has 0 spiro atoms. The van der Waals surface area contributed by atoms with E-state index in [1.165, 1.54) is 23.1 Å². The van der Waals surface area contributed by atoms with Crippen molar-refractivity contribution in [3.05, 3.63) is 30.1 Å². The molecule has 1 aliphatic rings. The van der Waals surface area contributed by atoms with Crippen LogP contribution in [0.25, 0.3) is 0 Å². The van der Waals surface area contributed by atoms with E-state index in [0.717, 1.165) is 6.07 Å². The predicted octanol–water partition coefficient (Wildman–Crippen LogP) is 0.725. The minimum atomic E-state index is -3.89. The summed E-state index contributed by atoms with van der Waals surface area (Å²) in [6.45, 7) is 0.298. The topological polar surface area (TPSA) is 66.5 Å². The van der Waals surface area contributed by atoms with Crippen LogP contribution in [0.1, 0.15) is 12.8 Å². The number of hydrogen-bond acceptors (Lipinski definition) is 3. The number of piperidine rings is 1. The van der Waals surface area contributed by atoms with Crippen LogP contribution in [-0.4, -0.2) is 38.9 Å². The summed E-state index contributed by atoms with van der Waals surface area (Å²) in [7, 11) is -2.28. The number of carbonyl (C=O) groups is 1. The van der Waals surface area contributed by atoms with Crippen molar-refractivity contribution >= 4 is 15.9 Å². The Kier molecular flexibility index (Phi) is 3.86. The molecule has 1 N–H and O–H groups in total. The van der Waals surface area contributed by atoms with Gasteiger partial charge in [0, 0.05) is 26.1 Å². The first-order chi connectivity index (χ1) is 8.90. The van der Waals surface area contributed by atoms with Crippen molar-refractivity contribution in [2.24, 2.45) is 0 Å². The van der Waals surface area contributed by atoms with Crippen molar-refractivity contribution in [1.29, 1.82) is 0 Å². The van der Waals surface area contributed by atoms with Crippen molar-refractivity contribution in [2.75, 3.05) is 13.6 Å². The number of likely N-dealkylation sites (N-methyl/N-ethyl adjacent to an activating group) is 1. The van der Waals surface area contributed by atoms with Gasteiger partial charge >= 0.3 is 0 Å². The lowest BCUT2D eigenvalue weighted by Crippen LogP contribution is -2.48. The minimum Gasteiger partial charge on any atom is -0.344 e. The maximum absolute atomic E-state index is 13.5. The minimum absolute atomic E-state index is 0.0126. The molecule has 1 aliphatic heterocycles. The van der Waals surface area contributed by atoms with Crippen LogP contribution >= 0.6 is 0 Å².